The predicted molar refractivity (Wildman–Crippen MR) is 177 cm³/mol. The summed E-state index contributed by atoms with van der Waals surface area (Å²) in [7, 11) is -8.52. The van der Waals surface area contributed by atoms with E-state index in [0.717, 1.165) is 22.3 Å². The van der Waals surface area contributed by atoms with Crippen LogP contribution in [0, 0.1) is 6.92 Å². The van der Waals surface area contributed by atoms with Gasteiger partial charge in [-0.1, -0.05) is 21.6 Å². The van der Waals surface area contributed by atoms with Gasteiger partial charge in [0, 0.05) is 51.8 Å². The summed E-state index contributed by atoms with van der Waals surface area (Å²) >= 11 is 2.42. The van der Waals surface area contributed by atoms with Crippen LogP contribution in [0.3, 0.4) is 0 Å². The van der Waals surface area contributed by atoms with Gasteiger partial charge < -0.3 is 5.73 Å². The minimum atomic E-state index is -3.30. The minimum absolute atomic E-state index is 0.0163. The van der Waals surface area contributed by atoms with Crippen molar-refractivity contribution >= 4 is 83.6 Å². The summed E-state index contributed by atoms with van der Waals surface area (Å²) in [5.74, 6) is 2.83. The number of aryl methyl sites for hydroxylation is 1. The molecule has 0 saturated carbocycles. The van der Waals surface area contributed by atoms with E-state index in [1.165, 1.54) is 47.0 Å². The summed E-state index contributed by atoms with van der Waals surface area (Å²) in [4.78, 5) is 1.78. The van der Waals surface area contributed by atoms with Gasteiger partial charge in [0.15, 0.2) is 19.7 Å². The Hall–Kier alpha value is -0.140. The van der Waals surface area contributed by atoms with E-state index < -0.39 is 39.3 Å². The molecular formula is C24H41NO8S8. The summed E-state index contributed by atoms with van der Waals surface area (Å²) in [6.07, 6.45) is 6.68. The monoisotopic (exact) mass is 727 g/mol. The molecule has 238 valence electrons. The molecule has 0 atom stereocenters. The van der Waals surface area contributed by atoms with Crippen molar-refractivity contribution in [2.75, 3.05) is 47.0 Å². The molecule has 1 aliphatic heterocycles. The van der Waals surface area contributed by atoms with Gasteiger partial charge in [-0.2, -0.15) is 0 Å². The number of hydrogen-bond donors (Lipinski definition) is 1. The number of rotatable bonds is 13. The first-order valence-electron chi connectivity index (χ1n) is 12.9. The molecule has 2 aromatic heterocycles. The summed E-state index contributed by atoms with van der Waals surface area (Å²) in [5.41, 5.74) is 5.42. The molecule has 3 heterocycles. The Bertz CT molecular complexity index is 1460. The van der Waals surface area contributed by atoms with Gasteiger partial charge >= 0.3 is 0 Å². The van der Waals surface area contributed by atoms with E-state index in [1.54, 1.807) is 24.3 Å². The first-order chi connectivity index (χ1) is 19.0. The Morgan fingerprint density at radius 1 is 0.634 bits per heavy atom. The molecule has 0 unspecified atom stereocenters. The van der Waals surface area contributed by atoms with E-state index in [9.17, 15) is 33.7 Å². The quantitative estimate of drug-likeness (QED) is 0.226. The molecule has 1 saturated heterocycles. The lowest BCUT2D eigenvalue weighted by atomic mass is 10.4. The maximum absolute atomic E-state index is 11.9. The summed E-state index contributed by atoms with van der Waals surface area (Å²) in [6.45, 7) is 2.18. The van der Waals surface area contributed by atoms with Crippen LogP contribution in [-0.2, 0) is 45.9 Å². The molecule has 17 heteroatoms. The number of thiophene rings is 2. The van der Waals surface area contributed by atoms with Crippen LogP contribution in [-0.4, -0.2) is 80.7 Å². The fourth-order valence-electron chi connectivity index (χ4n) is 3.17. The minimum Gasteiger partial charge on any atom is -0.326 e. The molecule has 41 heavy (non-hydrogen) atoms. The highest BCUT2D eigenvalue weighted by Crippen LogP contribution is 2.28. The van der Waals surface area contributed by atoms with Crippen molar-refractivity contribution in [2.24, 2.45) is 5.73 Å². The van der Waals surface area contributed by atoms with Crippen LogP contribution in [0.15, 0.2) is 32.7 Å². The van der Waals surface area contributed by atoms with Crippen LogP contribution in [0.2, 0.25) is 0 Å². The highest BCUT2D eigenvalue weighted by Gasteiger charge is 2.17. The summed E-state index contributed by atoms with van der Waals surface area (Å²) in [6, 6.07) is 6.63. The zero-order valence-corrected chi connectivity index (χ0v) is 30.1. The van der Waals surface area contributed by atoms with Crippen molar-refractivity contribution in [3.05, 3.63) is 34.0 Å². The molecule has 0 aromatic carbocycles. The second-order valence-electron chi connectivity index (χ2n) is 9.45. The van der Waals surface area contributed by atoms with Crippen LogP contribution >= 0.6 is 44.3 Å². The van der Waals surface area contributed by atoms with Crippen LogP contribution in [0.4, 0.5) is 0 Å². The zero-order chi connectivity index (χ0) is 31.2. The first-order valence-corrected chi connectivity index (χ1v) is 24.4. The van der Waals surface area contributed by atoms with Gasteiger partial charge in [-0.3, -0.25) is 0 Å². The molecule has 1 fully saturated rings. The van der Waals surface area contributed by atoms with Gasteiger partial charge in [0.05, 0.1) is 11.5 Å². The maximum atomic E-state index is 11.9. The number of sulfone groups is 4. The van der Waals surface area contributed by atoms with Crippen molar-refractivity contribution in [1.82, 2.24) is 0 Å². The van der Waals surface area contributed by atoms with Crippen LogP contribution in [0.1, 0.15) is 48.3 Å². The van der Waals surface area contributed by atoms with Gasteiger partial charge in [-0.15, -0.1) is 22.7 Å². The number of unbranched alkanes of at least 4 members (excludes halogenated alkanes) is 2. The molecule has 0 radical (unpaired) electrons. The van der Waals surface area contributed by atoms with Gasteiger partial charge in [0.25, 0.3) is 0 Å². The Morgan fingerprint density at radius 3 is 1.37 bits per heavy atom. The SMILES string of the molecule is C1CCSSC1.CS(=O)(=O)CCCCS(=O)(=O)c1ccc(CN)s1.Cc1ccc(S(=O)(=O)CCCCS(C)(=O)=O)s1. The Kier molecular flexibility index (Phi) is 17.7. The van der Waals surface area contributed by atoms with E-state index in [4.69, 9.17) is 5.73 Å². The Balaban J connectivity index is 0.000000341. The van der Waals surface area contributed by atoms with Crippen molar-refractivity contribution in [1.29, 1.82) is 0 Å². The average molecular weight is 728 g/mol. The molecule has 2 N–H and O–H groups in total. The van der Waals surface area contributed by atoms with Crippen LogP contribution in [0.25, 0.3) is 0 Å². The second kappa shape index (κ2) is 18.6. The predicted octanol–water partition coefficient (Wildman–Crippen LogP) is 4.62. The fourth-order valence-corrected chi connectivity index (χ4v) is 12.5. The standard InChI is InChI=1S/C10H17NO4S3.C10H16O4S3.C4H8S2/c1-17(12,13)6-2-3-7-18(14,15)10-5-4-9(8-11)16-10;1-9-5-6-10(15-9)17(13,14)8-4-3-7-16(2,11)12;1-2-4-6-5-3-1/h4-5H,2-3,6-8,11H2,1H3;5-6H,3-4,7-8H2,1-2H3;1-4H2. The number of nitrogens with two attached hydrogens (primary N) is 1. The van der Waals surface area contributed by atoms with Crippen molar-refractivity contribution in [2.45, 2.75) is 60.4 Å². The Labute approximate surface area is 262 Å². The topological polar surface area (TPSA) is 163 Å². The second-order valence-corrected chi connectivity index (χ2v) is 23.8. The van der Waals surface area contributed by atoms with Gasteiger partial charge in [0.2, 0.25) is 0 Å². The zero-order valence-electron chi connectivity index (χ0n) is 23.6. The molecule has 0 amide bonds. The maximum Gasteiger partial charge on any atom is 0.187 e. The van der Waals surface area contributed by atoms with Crippen molar-refractivity contribution < 1.29 is 33.7 Å². The van der Waals surface area contributed by atoms with Crippen LogP contribution in [0.5, 0.6) is 0 Å². The third-order valence-corrected chi connectivity index (χ3v) is 16.8. The lowest BCUT2D eigenvalue weighted by molar-refractivity contribution is 0.589. The average Bonchev–Trinajstić information content (AvgIpc) is 3.56. The van der Waals surface area contributed by atoms with Crippen molar-refractivity contribution in [3.8, 4) is 0 Å². The largest absolute Gasteiger partial charge is 0.326 e. The lowest BCUT2D eigenvalue weighted by Gasteiger charge is -2.04. The van der Waals surface area contributed by atoms with Crippen LogP contribution < -0.4 is 5.73 Å². The third-order valence-electron chi connectivity index (χ3n) is 5.31. The highest BCUT2D eigenvalue weighted by atomic mass is 33.1. The molecule has 0 aliphatic carbocycles. The van der Waals surface area contributed by atoms with E-state index in [-0.39, 0.29) is 23.0 Å². The smallest absolute Gasteiger partial charge is 0.187 e. The Morgan fingerprint density at radius 2 is 1.05 bits per heavy atom. The number of hydrogen-bond acceptors (Lipinski definition) is 13. The molecule has 0 spiro atoms. The van der Waals surface area contributed by atoms with Gasteiger partial charge in [-0.25, -0.2) is 33.7 Å². The molecular weight excluding hydrogens is 687 g/mol. The molecule has 2 aromatic rings. The third kappa shape index (κ3) is 18.3. The van der Waals surface area contributed by atoms with E-state index in [2.05, 4.69) is 0 Å². The molecule has 3 rings (SSSR count). The van der Waals surface area contributed by atoms with E-state index >= 15 is 0 Å². The summed E-state index contributed by atoms with van der Waals surface area (Å²) in [5, 5.41) is 0. The lowest BCUT2D eigenvalue weighted by Crippen LogP contribution is -2.08. The first kappa shape index (κ1) is 38.9. The van der Waals surface area contributed by atoms with E-state index in [1.807, 2.05) is 28.5 Å². The highest BCUT2D eigenvalue weighted by molar-refractivity contribution is 8.76. The van der Waals surface area contributed by atoms with Gasteiger partial charge in [-0.05, 0) is 69.7 Å². The summed E-state index contributed by atoms with van der Waals surface area (Å²) < 4.78 is 91.7. The molecule has 9 nitrogen and oxygen atoms in total. The fraction of sp³-hybridized carbons (Fsp3) is 0.667. The molecule has 1 aliphatic rings. The molecule has 0 bridgehead atoms. The van der Waals surface area contributed by atoms with Gasteiger partial charge in [0.1, 0.15) is 28.1 Å². The normalized spacial score (nSPS) is 14.4. The van der Waals surface area contributed by atoms with E-state index in [0.29, 0.717) is 40.6 Å². The van der Waals surface area contributed by atoms with Crippen molar-refractivity contribution in [3.63, 3.8) is 0 Å².